The van der Waals surface area contributed by atoms with Gasteiger partial charge in [0.2, 0.25) is 5.91 Å². The molecule has 1 saturated carbocycles. The summed E-state index contributed by atoms with van der Waals surface area (Å²) in [5.41, 5.74) is 1.47. The molecule has 2 aliphatic rings. The fraction of sp³-hybridized carbons (Fsp3) is 0.600. The molecule has 1 aromatic carbocycles. The van der Waals surface area contributed by atoms with Crippen molar-refractivity contribution < 1.29 is 14.7 Å². The predicted molar refractivity (Wildman–Crippen MR) is 97.6 cm³/mol. The van der Waals surface area contributed by atoms with E-state index in [-0.39, 0.29) is 24.5 Å². The molecule has 0 spiro atoms. The Morgan fingerprint density at radius 1 is 1.16 bits per heavy atom. The number of anilines is 1. The Labute approximate surface area is 149 Å². The summed E-state index contributed by atoms with van der Waals surface area (Å²) in [6, 6.07) is 7.30. The van der Waals surface area contributed by atoms with Crippen molar-refractivity contribution >= 4 is 17.5 Å². The highest BCUT2D eigenvalue weighted by Crippen LogP contribution is 2.28. The van der Waals surface area contributed by atoms with Crippen LogP contribution in [0, 0.1) is 5.92 Å². The number of benzene rings is 1. The van der Waals surface area contributed by atoms with E-state index in [0.29, 0.717) is 24.3 Å². The highest BCUT2D eigenvalue weighted by molar-refractivity contribution is 5.97. The molecule has 1 unspecified atom stereocenters. The molecule has 0 aromatic heterocycles. The zero-order valence-corrected chi connectivity index (χ0v) is 14.7. The number of aliphatic hydroxyl groups is 1. The smallest absolute Gasteiger partial charge is 0.251 e. The molecule has 3 rings (SSSR count). The van der Waals surface area contributed by atoms with Gasteiger partial charge >= 0.3 is 0 Å². The molecule has 0 bridgehead atoms. The second kappa shape index (κ2) is 8.48. The van der Waals surface area contributed by atoms with Gasteiger partial charge in [0, 0.05) is 36.9 Å². The summed E-state index contributed by atoms with van der Waals surface area (Å²) in [4.78, 5) is 26.2. The zero-order chi connectivity index (χ0) is 17.6. The van der Waals surface area contributed by atoms with Crippen LogP contribution >= 0.6 is 0 Å². The van der Waals surface area contributed by atoms with Crippen LogP contribution in [-0.4, -0.2) is 36.1 Å². The van der Waals surface area contributed by atoms with Gasteiger partial charge in [-0.05, 0) is 55.9 Å². The van der Waals surface area contributed by atoms with Gasteiger partial charge in [0.15, 0.2) is 0 Å². The number of amides is 2. The Morgan fingerprint density at radius 2 is 1.88 bits per heavy atom. The molecule has 25 heavy (non-hydrogen) atoms. The van der Waals surface area contributed by atoms with Crippen molar-refractivity contribution in [2.75, 3.05) is 18.1 Å². The van der Waals surface area contributed by atoms with Crippen molar-refractivity contribution in [2.45, 2.75) is 57.4 Å². The van der Waals surface area contributed by atoms with Crippen molar-refractivity contribution in [3.8, 4) is 0 Å². The minimum atomic E-state index is -0.0941. The first-order valence-electron chi connectivity index (χ1n) is 9.51. The third-order valence-electron chi connectivity index (χ3n) is 5.49. The van der Waals surface area contributed by atoms with Crippen LogP contribution in [0.25, 0.3) is 0 Å². The fourth-order valence-corrected chi connectivity index (χ4v) is 4.07. The number of carbonyl (C=O) groups is 2. The highest BCUT2D eigenvalue weighted by atomic mass is 16.3. The molecule has 136 valence electrons. The average Bonchev–Trinajstić information content (AvgIpc) is 3.08. The lowest BCUT2D eigenvalue weighted by molar-refractivity contribution is -0.117. The third-order valence-corrected chi connectivity index (χ3v) is 5.49. The molecule has 5 heteroatoms. The van der Waals surface area contributed by atoms with Crippen LogP contribution in [0.3, 0.4) is 0 Å². The monoisotopic (exact) mass is 344 g/mol. The van der Waals surface area contributed by atoms with Crippen LogP contribution in [0.2, 0.25) is 0 Å². The molecule has 1 aliphatic heterocycles. The largest absolute Gasteiger partial charge is 0.396 e. The summed E-state index contributed by atoms with van der Waals surface area (Å²) in [6.45, 7) is 0.849. The molecule has 0 radical (unpaired) electrons. The van der Waals surface area contributed by atoms with Crippen molar-refractivity contribution in [3.63, 3.8) is 0 Å². The lowest BCUT2D eigenvalue weighted by Gasteiger charge is -2.30. The van der Waals surface area contributed by atoms with Crippen LogP contribution < -0.4 is 10.2 Å². The number of nitrogens with zero attached hydrogens (tertiary/aromatic N) is 1. The van der Waals surface area contributed by atoms with Gasteiger partial charge in [0.25, 0.3) is 5.91 Å². The minimum Gasteiger partial charge on any atom is -0.396 e. The first kappa shape index (κ1) is 17.9. The molecule has 2 N–H and O–H groups in total. The van der Waals surface area contributed by atoms with E-state index in [1.807, 2.05) is 12.1 Å². The van der Waals surface area contributed by atoms with Crippen LogP contribution in [-0.2, 0) is 4.79 Å². The maximum absolute atomic E-state index is 12.6. The number of nitrogens with one attached hydrogen (secondary N) is 1. The summed E-state index contributed by atoms with van der Waals surface area (Å²) < 4.78 is 0. The van der Waals surface area contributed by atoms with Crippen LogP contribution in [0.15, 0.2) is 24.3 Å². The van der Waals surface area contributed by atoms with E-state index in [2.05, 4.69) is 5.32 Å². The van der Waals surface area contributed by atoms with Crippen molar-refractivity contribution in [2.24, 2.45) is 5.92 Å². The molecule has 1 heterocycles. The van der Waals surface area contributed by atoms with E-state index in [4.69, 9.17) is 0 Å². The Hall–Kier alpha value is -1.88. The fourth-order valence-electron chi connectivity index (χ4n) is 4.07. The van der Waals surface area contributed by atoms with Gasteiger partial charge in [-0.15, -0.1) is 0 Å². The summed E-state index contributed by atoms with van der Waals surface area (Å²) >= 11 is 0. The van der Waals surface area contributed by atoms with Crippen LogP contribution in [0.4, 0.5) is 5.69 Å². The Kier molecular flexibility index (Phi) is 6.08. The molecule has 1 aromatic rings. The van der Waals surface area contributed by atoms with Gasteiger partial charge in [0.05, 0.1) is 0 Å². The number of hydrogen-bond donors (Lipinski definition) is 2. The first-order chi connectivity index (χ1) is 12.2. The van der Waals surface area contributed by atoms with E-state index in [1.165, 1.54) is 19.3 Å². The average molecular weight is 344 g/mol. The topological polar surface area (TPSA) is 69.6 Å². The van der Waals surface area contributed by atoms with Crippen molar-refractivity contribution in [1.82, 2.24) is 5.32 Å². The van der Waals surface area contributed by atoms with E-state index in [0.717, 1.165) is 31.5 Å². The molecule has 1 atom stereocenters. The van der Waals surface area contributed by atoms with E-state index in [1.54, 1.807) is 17.0 Å². The van der Waals surface area contributed by atoms with Gasteiger partial charge in [0.1, 0.15) is 0 Å². The minimum absolute atomic E-state index is 0.0395. The number of aliphatic hydroxyl groups excluding tert-OH is 1. The molecular weight excluding hydrogens is 316 g/mol. The number of rotatable bonds is 6. The van der Waals surface area contributed by atoms with Gasteiger partial charge in [-0.25, -0.2) is 0 Å². The summed E-state index contributed by atoms with van der Waals surface area (Å²) in [5.74, 6) is 0.521. The number of hydrogen-bond acceptors (Lipinski definition) is 3. The second-order valence-corrected chi connectivity index (χ2v) is 7.19. The normalized spacial score (nSPS) is 19.9. The van der Waals surface area contributed by atoms with Crippen molar-refractivity contribution in [1.29, 1.82) is 0 Å². The molecule has 2 fully saturated rings. The summed E-state index contributed by atoms with van der Waals surface area (Å²) in [6.07, 6.45) is 8.05. The summed E-state index contributed by atoms with van der Waals surface area (Å²) in [5, 5.41) is 12.5. The van der Waals surface area contributed by atoms with Gasteiger partial charge in [-0.1, -0.05) is 19.3 Å². The van der Waals surface area contributed by atoms with Crippen molar-refractivity contribution in [3.05, 3.63) is 29.8 Å². The van der Waals surface area contributed by atoms with Crippen LogP contribution in [0.5, 0.6) is 0 Å². The molecule has 1 aliphatic carbocycles. The van der Waals surface area contributed by atoms with Gasteiger partial charge in [-0.3, -0.25) is 9.59 Å². The van der Waals surface area contributed by atoms with E-state index < -0.39 is 0 Å². The number of carbonyl (C=O) groups excluding carboxylic acids is 2. The maximum Gasteiger partial charge on any atom is 0.251 e. The van der Waals surface area contributed by atoms with Gasteiger partial charge in [-0.2, -0.15) is 0 Å². The molecule has 5 nitrogen and oxygen atoms in total. The predicted octanol–water partition coefficient (Wildman–Crippen LogP) is 2.87. The molecular formula is C20H28N2O3. The van der Waals surface area contributed by atoms with E-state index in [9.17, 15) is 14.7 Å². The maximum atomic E-state index is 12.6. The standard InChI is InChI=1S/C20H28N2O3/c23-14-12-18(15-5-2-1-3-6-15)21-20(25)16-8-10-17(11-9-16)22-13-4-7-19(22)24/h8-11,15,18,23H,1-7,12-14H2,(H,21,25). The lowest BCUT2D eigenvalue weighted by Crippen LogP contribution is -2.41. The second-order valence-electron chi connectivity index (χ2n) is 7.19. The lowest BCUT2D eigenvalue weighted by atomic mass is 9.82. The Morgan fingerprint density at radius 3 is 2.48 bits per heavy atom. The summed E-state index contributed by atoms with van der Waals surface area (Å²) in [7, 11) is 0. The Balaban J connectivity index is 1.63. The zero-order valence-electron chi connectivity index (χ0n) is 14.7. The highest BCUT2D eigenvalue weighted by Gasteiger charge is 2.25. The van der Waals surface area contributed by atoms with Gasteiger partial charge < -0.3 is 15.3 Å². The van der Waals surface area contributed by atoms with E-state index >= 15 is 0 Å². The SMILES string of the molecule is O=C(NC(CCO)C1CCCCC1)c1ccc(N2CCCC2=O)cc1. The Bertz CT molecular complexity index is 593. The quantitative estimate of drug-likeness (QED) is 0.834. The molecule has 1 saturated heterocycles. The molecule has 2 amide bonds. The third kappa shape index (κ3) is 4.40. The first-order valence-corrected chi connectivity index (χ1v) is 9.51. The van der Waals surface area contributed by atoms with Crippen LogP contribution in [0.1, 0.15) is 61.7 Å².